The lowest BCUT2D eigenvalue weighted by atomic mass is 9.81. The number of pyridine rings is 2. The molecule has 14 rings (SSSR count). The number of anilines is 4. The highest BCUT2D eigenvalue weighted by Gasteiger charge is 2.52. The van der Waals surface area contributed by atoms with Gasteiger partial charge in [-0.05, 0) is 83.4 Å². The average Bonchev–Trinajstić information content (AvgIpc) is 1.76. The second-order valence-corrected chi connectivity index (χ2v) is 26.5. The molecule has 0 N–H and O–H groups in total. The van der Waals surface area contributed by atoms with Crippen LogP contribution >= 0.6 is 0 Å². The van der Waals surface area contributed by atoms with Crippen LogP contribution in [0.1, 0.15) is 129 Å². The van der Waals surface area contributed by atoms with Crippen LogP contribution in [-0.2, 0) is 46.2 Å². The lowest BCUT2D eigenvalue weighted by Gasteiger charge is -2.55. The van der Waals surface area contributed by atoms with E-state index < -0.39 is 24.1 Å². The molecule has 2 spiro atoms. The molecule has 6 fully saturated rings. The third-order valence-corrected chi connectivity index (χ3v) is 21.6. The number of aromatic nitrogens is 6. The number of nitrogens with zero attached hydrogens (tertiary/aromatic N) is 14. The number of aryl methyl sites for hydroxylation is 2. The Bertz CT molecular complexity index is 3400. The number of ether oxygens (including phenoxy) is 4. The van der Waals surface area contributed by atoms with Gasteiger partial charge in [0.15, 0.2) is 0 Å². The van der Waals surface area contributed by atoms with Crippen molar-refractivity contribution in [2.75, 3.05) is 132 Å². The maximum atomic E-state index is 15.0. The zero-order chi connectivity index (χ0) is 61.6. The normalized spacial score (nSPS) is 30.4. The van der Waals surface area contributed by atoms with Gasteiger partial charge in [-0.1, -0.05) is 18.7 Å². The quantitative estimate of drug-likeness (QED) is 0.0736. The fourth-order valence-corrected chi connectivity index (χ4v) is 17.1. The molecule has 4 aromatic rings. The number of methoxy groups -OCH3 is 1. The predicted octanol–water partition coefficient (Wildman–Crippen LogP) is 7.49. The highest BCUT2D eigenvalue weighted by Crippen LogP contribution is 2.50. The summed E-state index contributed by atoms with van der Waals surface area (Å²) >= 11 is 0. The van der Waals surface area contributed by atoms with Crippen molar-refractivity contribution in [1.82, 2.24) is 49.1 Å². The Balaban J connectivity index is 0.576. The molecule has 10 atom stereocenters. The number of carbonyl (C=O) groups is 2. The molecule has 10 aliphatic rings. The van der Waals surface area contributed by atoms with Crippen LogP contribution in [0.3, 0.4) is 0 Å². The van der Waals surface area contributed by atoms with E-state index in [4.69, 9.17) is 34.1 Å². The zero-order valence-corrected chi connectivity index (χ0v) is 51.9. The molecule has 0 radical (unpaired) electrons. The number of alkyl halides is 4. The fraction of sp³-hybridized carbons (Fsp3) is 0.631. The molecule has 2 amide bonds. The number of rotatable bonds is 13. The maximum absolute atomic E-state index is 15.0. The van der Waals surface area contributed by atoms with Crippen molar-refractivity contribution in [2.45, 2.75) is 151 Å². The molecular weight excluding hydrogens is 1150 g/mol. The molecule has 24 heteroatoms. The summed E-state index contributed by atoms with van der Waals surface area (Å²) in [7, 11) is 1.69. The number of carbonyl (C=O) groups excluding carboxylic acids is 2. The summed E-state index contributed by atoms with van der Waals surface area (Å²) in [6, 6.07) is 4.48. The lowest BCUT2D eigenvalue weighted by Crippen LogP contribution is -2.69. The van der Waals surface area contributed by atoms with E-state index in [1.54, 1.807) is 7.11 Å². The van der Waals surface area contributed by atoms with Crippen LogP contribution < -0.4 is 19.6 Å². The van der Waals surface area contributed by atoms with Crippen molar-refractivity contribution >= 4 is 40.9 Å². The van der Waals surface area contributed by atoms with Crippen molar-refractivity contribution < 1.29 is 46.1 Å². The minimum absolute atomic E-state index is 0.0129. The Morgan fingerprint density at radius 3 is 1.80 bits per heavy atom. The molecule has 9 unspecified atom stereocenters. The summed E-state index contributed by atoms with van der Waals surface area (Å²) < 4.78 is 89.5. The largest absolute Gasteiger partial charge is 0.499 e. The summed E-state index contributed by atoms with van der Waals surface area (Å²) in [6.45, 7) is 21.5. The summed E-state index contributed by atoms with van der Waals surface area (Å²) in [6.07, 6.45) is 12.1. The van der Waals surface area contributed by atoms with Crippen LogP contribution in [0.4, 0.5) is 40.6 Å². The number of hydrogen-bond donors (Lipinski definition) is 0. The maximum Gasteiger partial charge on any atom is 0.281 e. The second-order valence-electron chi connectivity index (χ2n) is 26.5. The smallest absolute Gasteiger partial charge is 0.281 e. The van der Waals surface area contributed by atoms with Crippen LogP contribution in [0.2, 0.25) is 0 Å². The summed E-state index contributed by atoms with van der Waals surface area (Å²) in [5, 5.41) is 9.57. The van der Waals surface area contributed by atoms with E-state index in [0.29, 0.717) is 146 Å². The molecule has 0 aliphatic carbocycles. The van der Waals surface area contributed by atoms with Crippen molar-refractivity contribution in [3.05, 3.63) is 101 Å². The molecule has 6 saturated heterocycles. The molecule has 20 nitrogen and oxygen atoms in total. The predicted molar refractivity (Wildman–Crippen MR) is 328 cm³/mol. The fourth-order valence-electron chi connectivity index (χ4n) is 17.1. The van der Waals surface area contributed by atoms with Crippen molar-refractivity contribution in [1.29, 1.82) is 0 Å². The van der Waals surface area contributed by atoms with Gasteiger partial charge in [0.05, 0.1) is 61.6 Å². The number of hydrogen-bond acceptors (Lipinski definition) is 16. The molecule has 89 heavy (non-hydrogen) atoms. The van der Waals surface area contributed by atoms with Crippen LogP contribution in [0.5, 0.6) is 0 Å². The molecule has 0 saturated carbocycles. The number of fused-ring (bicyclic) bond motifs is 10. The third kappa shape index (κ3) is 10.5. The topological polar surface area (TPSA) is 158 Å². The van der Waals surface area contributed by atoms with Crippen molar-refractivity contribution in [3.8, 4) is 0 Å². The molecule has 4 aromatic heterocycles. The summed E-state index contributed by atoms with van der Waals surface area (Å²) in [5.74, 6) is 0.963. The highest BCUT2D eigenvalue weighted by atomic mass is 19.3. The number of halogens is 4. The van der Waals surface area contributed by atoms with Crippen LogP contribution in [0, 0.1) is 13.8 Å². The SMILES string of the molecule is C=CC(=O)N1CCN(C2CN3c4cc(N5CCC6(CC5C)OCC(CO/C=C/C(=O)N5CCN([C@@H]7CN8c9cc(N%10CCC%11(CC%10C)OCC(COC)n%10ncc(C)c%10%11)nc(C(F)F)c9C=CCC78)CC5)n5ncc(C)c56)nc(C(F)F)c4CCCC23)CC1. The van der Waals surface area contributed by atoms with E-state index in [1.165, 1.54) is 18.4 Å². The molecule has 10 aliphatic heterocycles. The number of piperazine rings is 2. The summed E-state index contributed by atoms with van der Waals surface area (Å²) in [5.41, 5.74) is 5.47. The van der Waals surface area contributed by atoms with Crippen LogP contribution in [-0.4, -0.2) is 209 Å². The van der Waals surface area contributed by atoms with E-state index in [2.05, 4.69) is 72.5 Å². The first-order valence-electron chi connectivity index (χ1n) is 32.3. The highest BCUT2D eigenvalue weighted by molar-refractivity contribution is 5.87. The molecule has 0 aromatic carbocycles. The molecule has 478 valence electrons. The van der Waals surface area contributed by atoms with Crippen molar-refractivity contribution in [3.63, 3.8) is 0 Å². The Morgan fingerprint density at radius 1 is 0.697 bits per heavy atom. The van der Waals surface area contributed by atoms with E-state index in [-0.39, 0.29) is 72.1 Å². The van der Waals surface area contributed by atoms with Gasteiger partial charge in [-0.25, -0.2) is 27.5 Å². The first-order valence-corrected chi connectivity index (χ1v) is 32.3. The average molecular weight is 1230 g/mol. The van der Waals surface area contributed by atoms with Crippen LogP contribution in [0.15, 0.2) is 55.6 Å². The molecule has 0 bridgehead atoms. The monoisotopic (exact) mass is 1230 g/mol. The van der Waals surface area contributed by atoms with E-state index >= 15 is 17.6 Å². The number of piperidine rings is 2. The second kappa shape index (κ2) is 23.9. The van der Waals surface area contributed by atoms with Gasteiger partial charge in [0.25, 0.3) is 12.9 Å². The Morgan fingerprint density at radius 2 is 1.24 bits per heavy atom. The number of amides is 2. The van der Waals surface area contributed by atoms with Crippen molar-refractivity contribution in [2.24, 2.45) is 0 Å². The minimum Gasteiger partial charge on any atom is -0.499 e. The van der Waals surface area contributed by atoms with Gasteiger partial charge in [-0.2, -0.15) is 10.2 Å². The van der Waals surface area contributed by atoms with Gasteiger partial charge in [0, 0.05) is 170 Å². The van der Waals surface area contributed by atoms with Gasteiger partial charge in [-0.3, -0.25) is 28.8 Å². The zero-order valence-electron chi connectivity index (χ0n) is 51.9. The van der Waals surface area contributed by atoms with Gasteiger partial charge in [0.1, 0.15) is 46.9 Å². The lowest BCUT2D eigenvalue weighted by molar-refractivity contribution is -0.129. The van der Waals surface area contributed by atoms with Gasteiger partial charge >= 0.3 is 0 Å². The van der Waals surface area contributed by atoms with E-state index in [1.807, 2.05) is 52.0 Å². The standard InChI is InChI=1S/C65H84F4N14O6/c1-7-56(84)76-23-19-74(20-24-76)52-34-80-48(52)12-8-10-46-50(80)28-55(73-58(46)62(66)67)79-18-16-65(31-43(79)5)61-41(3)33-71-83(61)45(39-89-65)37-87-27-14-57(85)77-25-21-75(22-26-77)53-35-81-49(53)13-9-11-47-51(81)29-54(72-59(47)63(68)69)78-17-15-64(30-42(78)4)60-40(2)32-70-82(60)44(36-86-6)38-88-64/h7,9,11,14,27-29,32-33,42-45,48-49,52-53,62-63H,1,8,10,12-13,15-26,30-31,34-39H2,2-6H3/b27-14+/t42?,43?,44?,45?,48?,49?,52?,53-,64?,65?/m1/s1. The van der Waals surface area contributed by atoms with E-state index in [9.17, 15) is 9.59 Å². The molecule has 14 heterocycles. The van der Waals surface area contributed by atoms with Gasteiger partial charge in [0.2, 0.25) is 11.8 Å². The first-order chi connectivity index (χ1) is 43.1. The minimum atomic E-state index is -2.74. The Labute approximate surface area is 518 Å². The third-order valence-electron chi connectivity index (χ3n) is 21.6. The van der Waals surface area contributed by atoms with Crippen LogP contribution in [0.25, 0.3) is 6.08 Å². The molecular formula is C65H84F4N14O6. The first kappa shape index (κ1) is 60.0. The van der Waals surface area contributed by atoms with E-state index in [0.717, 1.165) is 66.4 Å². The Kier molecular flexibility index (Phi) is 16.1. The van der Waals surface area contributed by atoms with Gasteiger partial charge < -0.3 is 48.3 Å². The summed E-state index contributed by atoms with van der Waals surface area (Å²) in [4.78, 5) is 52.9. The Hall–Kier alpha value is -6.60. The van der Waals surface area contributed by atoms with Gasteiger partial charge in [-0.15, -0.1) is 0 Å².